The van der Waals surface area contributed by atoms with E-state index in [-0.39, 0.29) is 34.6 Å². The van der Waals surface area contributed by atoms with Crippen molar-refractivity contribution >= 4 is 17.7 Å². The maximum atomic E-state index is 12.2. The Kier molecular flexibility index (Phi) is 5.16. The van der Waals surface area contributed by atoms with Gasteiger partial charge in [0.05, 0.1) is 0 Å². The second-order valence-electron chi connectivity index (χ2n) is 5.16. The highest BCUT2D eigenvalue weighted by molar-refractivity contribution is 8.00. The highest BCUT2D eigenvalue weighted by Gasteiger charge is 2.29. The van der Waals surface area contributed by atoms with Crippen LogP contribution in [0.5, 0.6) is 0 Å². The number of hydrogen-bond donors (Lipinski definition) is 2. The molecule has 1 aliphatic carbocycles. The molecule has 116 valence electrons. The zero-order chi connectivity index (χ0) is 15.5. The van der Waals surface area contributed by atoms with Crippen LogP contribution >= 0.6 is 11.8 Å². The largest absolute Gasteiger partial charge is 0.446 e. The van der Waals surface area contributed by atoms with E-state index in [2.05, 4.69) is 5.32 Å². The summed E-state index contributed by atoms with van der Waals surface area (Å²) in [6.45, 7) is 0. The summed E-state index contributed by atoms with van der Waals surface area (Å²) in [6.07, 6.45) is 3.45. The number of benzene rings is 1. The minimum atomic E-state index is -4.31. The molecule has 1 fully saturated rings. The van der Waals surface area contributed by atoms with E-state index in [1.807, 2.05) is 0 Å². The Morgan fingerprint density at radius 3 is 2.24 bits per heavy atom. The topological polar surface area (TPSA) is 55.1 Å². The summed E-state index contributed by atoms with van der Waals surface area (Å²) < 4.78 is 36.6. The minimum Gasteiger partial charge on any atom is -0.349 e. The predicted octanol–water partition coefficient (Wildman–Crippen LogP) is 3.30. The molecule has 3 nitrogen and oxygen atoms in total. The van der Waals surface area contributed by atoms with E-state index in [0.29, 0.717) is 5.56 Å². The van der Waals surface area contributed by atoms with Crippen molar-refractivity contribution in [2.24, 2.45) is 5.73 Å². The van der Waals surface area contributed by atoms with Gasteiger partial charge in [0.1, 0.15) is 0 Å². The molecule has 2 rings (SSSR count). The van der Waals surface area contributed by atoms with Crippen molar-refractivity contribution in [2.75, 3.05) is 0 Å². The van der Waals surface area contributed by atoms with E-state index in [4.69, 9.17) is 5.73 Å². The van der Waals surface area contributed by atoms with Gasteiger partial charge in [0.25, 0.3) is 5.91 Å². The Bertz CT molecular complexity index is 482. The SMILES string of the molecule is NC1CCC(NC(=O)c2ccc(SC(F)(F)F)cc2)CC1. The molecule has 0 atom stereocenters. The normalized spacial score (nSPS) is 22.9. The fraction of sp³-hybridized carbons (Fsp3) is 0.500. The van der Waals surface area contributed by atoms with Crippen LogP contribution in [0.25, 0.3) is 0 Å². The van der Waals surface area contributed by atoms with Crippen LogP contribution in [0.4, 0.5) is 13.2 Å². The van der Waals surface area contributed by atoms with Gasteiger partial charge in [-0.2, -0.15) is 13.2 Å². The lowest BCUT2D eigenvalue weighted by molar-refractivity contribution is -0.0328. The Morgan fingerprint density at radius 1 is 1.14 bits per heavy atom. The summed E-state index contributed by atoms with van der Waals surface area (Å²) in [5.41, 5.74) is 1.86. The molecule has 1 aromatic rings. The predicted molar refractivity (Wildman–Crippen MR) is 76.1 cm³/mol. The summed E-state index contributed by atoms with van der Waals surface area (Å²) in [7, 11) is 0. The van der Waals surface area contributed by atoms with Gasteiger partial charge in [-0.25, -0.2) is 0 Å². The fourth-order valence-corrected chi connectivity index (χ4v) is 2.88. The van der Waals surface area contributed by atoms with E-state index in [9.17, 15) is 18.0 Å². The zero-order valence-corrected chi connectivity index (χ0v) is 12.1. The number of rotatable bonds is 3. The molecular formula is C14H17F3N2OS. The number of carbonyl (C=O) groups is 1. The molecule has 7 heteroatoms. The molecule has 0 heterocycles. The van der Waals surface area contributed by atoms with Crippen LogP contribution in [-0.4, -0.2) is 23.5 Å². The van der Waals surface area contributed by atoms with E-state index in [0.717, 1.165) is 25.7 Å². The Balaban J connectivity index is 1.91. The van der Waals surface area contributed by atoms with Crippen molar-refractivity contribution in [1.82, 2.24) is 5.32 Å². The van der Waals surface area contributed by atoms with Crippen LogP contribution in [0, 0.1) is 0 Å². The summed E-state index contributed by atoms with van der Waals surface area (Å²) >= 11 is -0.189. The second kappa shape index (κ2) is 6.70. The molecule has 0 aliphatic heterocycles. The van der Waals surface area contributed by atoms with Crippen LogP contribution in [0.1, 0.15) is 36.0 Å². The van der Waals surface area contributed by atoms with Gasteiger partial charge in [0, 0.05) is 22.5 Å². The van der Waals surface area contributed by atoms with Crippen LogP contribution in [0.3, 0.4) is 0 Å². The lowest BCUT2D eigenvalue weighted by atomic mass is 9.91. The number of carbonyl (C=O) groups excluding carboxylic acids is 1. The number of halogens is 3. The van der Waals surface area contributed by atoms with Crippen molar-refractivity contribution in [3.05, 3.63) is 29.8 Å². The first kappa shape index (κ1) is 16.2. The zero-order valence-electron chi connectivity index (χ0n) is 11.3. The molecule has 0 spiro atoms. The van der Waals surface area contributed by atoms with Gasteiger partial charge in [-0.15, -0.1) is 0 Å². The molecule has 1 saturated carbocycles. The first-order valence-electron chi connectivity index (χ1n) is 6.76. The third kappa shape index (κ3) is 5.24. The highest BCUT2D eigenvalue weighted by atomic mass is 32.2. The van der Waals surface area contributed by atoms with Gasteiger partial charge in [-0.1, -0.05) is 0 Å². The van der Waals surface area contributed by atoms with Crippen molar-refractivity contribution in [3.8, 4) is 0 Å². The molecule has 0 saturated heterocycles. The summed E-state index contributed by atoms with van der Waals surface area (Å²) in [4.78, 5) is 12.1. The fourth-order valence-electron chi connectivity index (χ4n) is 2.34. The first-order chi connectivity index (χ1) is 9.83. The maximum Gasteiger partial charge on any atom is 0.446 e. The van der Waals surface area contributed by atoms with Gasteiger partial charge in [-0.3, -0.25) is 4.79 Å². The lowest BCUT2D eigenvalue weighted by Gasteiger charge is -2.26. The summed E-state index contributed by atoms with van der Waals surface area (Å²) in [5.74, 6) is -0.251. The average molecular weight is 318 g/mol. The number of amides is 1. The van der Waals surface area contributed by atoms with Crippen molar-refractivity contribution in [1.29, 1.82) is 0 Å². The lowest BCUT2D eigenvalue weighted by Crippen LogP contribution is -2.40. The molecule has 1 aliphatic rings. The van der Waals surface area contributed by atoms with Crippen LogP contribution in [-0.2, 0) is 0 Å². The maximum absolute atomic E-state index is 12.2. The van der Waals surface area contributed by atoms with Crippen LogP contribution in [0.15, 0.2) is 29.2 Å². The number of nitrogens with one attached hydrogen (secondary N) is 1. The van der Waals surface area contributed by atoms with Gasteiger partial charge in [0.2, 0.25) is 0 Å². The van der Waals surface area contributed by atoms with E-state index < -0.39 is 5.51 Å². The van der Waals surface area contributed by atoms with Crippen molar-refractivity contribution in [2.45, 2.75) is 48.2 Å². The third-order valence-corrected chi connectivity index (χ3v) is 4.20. The molecule has 0 unspecified atom stereocenters. The Hall–Kier alpha value is -1.21. The van der Waals surface area contributed by atoms with E-state index in [1.54, 1.807) is 0 Å². The van der Waals surface area contributed by atoms with Gasteiger partial charge < -0.3 is 11.1 Å². The van der Waals surface area contributed by atoms with Crippen molar-refractivity contribution < 1.29 is 18.0 Å². The molecule has 0 radical (unpaired) electrons. The second-order valence-corrected chi connectivity index (χ2v) is 6.30. The first-order valence-corrected chi connectivity index (χ1v) is 7.57. The molecule has 0 aromatic heterocycles. The average Bonchev–Trinajstić information content (AvgIpc) is 2.40. The van der Waals surface area contributed by atoms with Crippen molar-refractivity contribution in [3.63, 3.8) is 0 Å². The molecule has 1 aromatic carbocycles. The number of thioether (sulfide) groups is 1. The summed E-state index contributed by atoms with van der Waals surface area (Å²) in [5, 5.41) is 2.90. The molecule has 3 N–H and O–H groups in total. The van der Waals surface area contributed by atoms with Gasteiger partial charge in [-0.05, 0) is 61.7 Å². The van der Waals surface area contributed by atoms with Gasteiger partial charge in [0.15, 0.2) is 0 Å². The number of nitrogens with two attached hydrogens (primary N) is 1. The van der Waals surface area contributed by atoms with E-state index >= 15 is 0 Å². The molecule has 1 amide bonds. The summed E-state index contributed by atoms with van der Waals surface area (Å²) in [6, 6.07) is 5.75. The molecule has 0 bridgehead atoms. The van der Waals surface area contributed by atoms with Gasteiger partial charge >= 0.3 is 5.51 Å². The number of alkyl halides is 3. The smallest absolute Gasteiger partial charge is 0.349 e. The van der Waals surface area contributed by atoms with Crippen LogP contribution in [0.2, 0.25) is 0 Å². The molecular weight excluding hydrogens is 301 g/mol. The Labute approximate surface area is 125 Å². The molecule has 21 heavy (non-hydrogen) atoms. The quantitative estimate of drug-likeness (QED) is 0.841. The van der Waals surface area contributed by atoms with Crippen LogP contribution < -0.4 is 11.1 Å². The third-order valence-electron chi connectivity index (χ3n) is 3.46. The highest BCUT2D eigenvalue weighted by Crippen LogP contribution is 2.36. The Morgan fingerprint density at radius 2 is 1.71 bits per heavy atom. The standard InChI is InChI=1S/C14H17F3N2OS/c15-14(16,17)21-12-7-1-9(2-8-12)13(20)19-11-5-3-10(18)4-6-11/h1-2,7-8,10-11H,3-6,18H2,(H,19,20). The minimum absolute atomic E-state index is 0.0719. The van der Waals surface area contributed by atoms with E-state index in [1.165, 1.54) is 24.3 Å². The monoisotopic (exact) mass is 318 g/mol. The number of hydrogen-bond acceptors (Lipinski definition) is 3.